The van der Waals surface area contributed by atoms with Gasteiger partial charge in [-0.2, -0.15) is 0 Å². The molecule has 80 valence electrons. The van der Waals surface area contributed by atoms with Gasteiger partial charge in [-0.1, -0.05) is 36.9 Å². The quantitative estimate of drug-likeness (QED) is 0.730. The predicted molar refractivity (Wildman–Crippen MR) is 59.2 cm³/mol. The Morgan fingerprint density at radius 1 is 1.47 bits per heavy atom. The first-order valence-electron chi connectivity index (χ1n) is 4.77. The lowest BCUT2D eigenvalue weighted by Gasteiger charge is -2.16. The molecule has 0 bridgehead atoms. The van der Waals surface area contributed by atoms with E-state index in [0.717, 1.165) is 5.56 Å². The summed E-state index contributed by atoms with van der Waals surface area (Å²) in [5, 5.41) is 11.9. The van der Waals surface area contributed by atoms with Gasteiger partial charge in [0, 0.05) is 5.57 Å². The van der Waals surface area contributed by atoms with Crippen molar-refractivity contribution in [3.63, 3.8) is 0 Å². The summed E-state index contributed by atoms with van der Waals surface area (Å²) in [5.41, 5.74) is 1.32. The third kappa shape index (κ3) is 3.22. The van der Waals surface area contributed by atoms with Gasteiger partial charge >= 0.3 is 0 Å². The van der Waals surface area contributed by atoms with Gasteiger partial charge in [0.2, 0.25) is 5.91 Å². The van der Waals surface area contributed by atoms with Crippen molar-refractivity contribution in [1.29, 1.82) is 0 Å². The zero-order valence-corrected chi connectivity index (χ0v) is 8.73. The molecular formula is C12H15NO2. The summed E-state index contributed by atoms with van der Waals surface area (Å²) in [6.07, 6.45) is 0. The van der Waals surface area contributed by atoms with Gasteiger partial charge in [0.1, 0.15) is 0 Å². The molecule has 1 aromatic carbocycles. The molecule has 0 saturated carbocycles. The molecule has 0 saturated heterocycles. The van der Waals surface area contributed by atoms with Crippen molar-refractivity contribution in [3.05, 3.63) is 48.0 Å². The van der Waals surface area contributed by atoms with Gasteiger partial charge in [0.15, 0.2) is 0 Å². The Morgan fingerprint density at radius 2 is 2.07 bits per heavy atom. The molecule has 1 rings (SSSR count). The van der Waals surface area contributed by atoms with Crippen LogP contribution in [0.15, 0.2) is 42.5 Å². The molecule has 2 N–H and O–H groups in total. The van der Waals surface area contributed by atoms with Crippen LogP contribution in [0.25, 0.3) is 0 Å². The van der Waals surface area contributed by atoms with Crippen LogP contribution in [0, 0.1) is 0 Å². The fourth-order valence-electron chi connectivity index (χ4n) is 1.20. The predicted octanol–water partition coefficient (Wildman–Crippen LogP) is 1.41. The number of amides is 1. The molecule has 15 heavy (non-hydrogen) atoms. The number of carbonyl (C=O) groups excluding carboxylic acids is 1. The number of hydrogen-bond acceptors (Lipinski definition) is 2. The molecule has 1 amide bonds. The minimum atomic E-state index is -0.365. The molecule has 0 aliphatic rings. The van der Waals surface area contributed by atoms with E-state index in [1.807, 2.05) is 30.3 Å². The number of nitrogens with one attached hydrogen (secondary N) is 1. The third-order valence-corrected chi connectivity index (χ3v) is 2.08. The Hall–Kier alpha value is -1.61. The summed E-state index contributed by atoms with van der Waals surface area (Å²) in [7, 11) is 0. The monoisotopic (exact) mass is 205 g/mol. The highest BCUT2D eigenvalue weighted by molar-refractivity contribution is 5.92. The fourth-order valence-corrected chi connectivity index (χ4v) is 1.20. The Kier molecular flexibility index (Phi) is 4.06. The van der Waals surface area contributed by atoms with Crippen molar-refractivity contribution in [2.45, 2.75) is 13.0 Å². The summed E-state index contributed by atoms with van der Waals surface area (Å²) in [6, 6.07) is 8.98. The molecule has 0 aliphatic heterocycles. The maximum atomic E-state index is 11.4. The highest BCUT2D eigenvalue weighted by atomic mass is 16.3. The number of benzene rings is 1. The second-order valence-corrected chi connectivity index (χ2v) is 3.40. The first kappa shape index (κ1) is 11.5. The molecule has 0 fully saturated rings. The SMILES string of the molecule is C=C(C)C(=O)N[C@@H](CO)c1ccccc1. The first-order chi connectivity index (χ1) is 7.15. The smallest absolute Gasteiger partial charge is 0.246 e. The maximum absolute atomic E-state index is 11.4. The van der Waals surface area contributed by atoms with Crippen LogP contribution in [0.5, 0.6) is 0 Å². The minimum absolute atomic E-state index is 0.122. The summed E-state index contributed by atoms with van der Waals surface area (Å²) >= 11 is 0. The second-order valence-electron chi connectivity index (χ2n) is 3.40. The highest BCUT2D eigenvalue weighted by Gasteiger charge is 2.12. The van der Waals surface area contributed by atoms with Crippen molar-refractivity contribution in [2.24, 2.45) is 0 Å². The normalized spacial score (nSPS) is 11.9. The topological polar surface area (TPSA) is 49.3 Å². The largest absolute Gasteiger partial charge is 0.394 e. The van der Waals surface area contributed by atoms with Crippen LogP contribution in [-0.2, 0) is 4.79 Å². The van der Waals surface area contributed by atoms with Gasteiger partial charge in [-0.05, 0) is 12.5 Å². The molecule has 0 unspecified atom stereocenters. The molecule has 0 spiro atoms. The van der Waals surface area contributed by atoms with Gasteiger partial charge < -0.3 is 10.4 Å². The molecule has 0 heterocycles. The Labute approximate surface area is 89.4 Å². The summed E-state index contributed by atoms with van der Waals surface area (Å²) in [6.45, 7) is 5.05. The van der Waals surface area contributed by atoms with Crippen molar-refractivity contribution in [2.75, 3.05) is 6.61 Å². The van der Waals surface area contributed by atoms with Crippen LogP contribution in [0.1, 0.15) is 18.5 Å². The average molecular weight is 205 g/mol. The van der Waals surface area contributed by atoms with Gasteiger partial charge in [-0.25, -0.2) is 0 Å². The van der Waals surface area contributed by atoms with Gasteiger partial charge in [-0.15, -0.1) is 0 Å². The molecule has 3 heteroatoms. The number of carbonyl (C=O) groups is 1. The van der Waals surface area contributed by atoms with Crippen molar-refractivity contribution >= 4 is 5.91 Å². The number of hydrogen-bond donors (Lipinski definition) is 2. The maximum Gasteiger partial charge on any atom is 0.246 e. The molecule has 0 aliphatic carbocycles. The van der Waals surface area contributed by atoms with E-state index in [9.17, 15) is 4.79 Å². The number of aliphatic hydroxyl groups excluding tert-OH is 1. The lowest BCUT2D eigenvalue weighted by Crippen LogP contribution is -2.30. The second kappa shape index (κ2) is 5.32. The molecule has 3 nitrogen and oxygen atoms in total. The van der Waals surface area contributed by atoms with E-state index in [-0.39, 0.29) is 18.6 Å². The lowest BCUT2D eigenvalue weighted by atomic mass is 10.1. The number of rotatable bonds is 4. The van der Waals surface area contributed by atoms with E-state index in [4.69, 9.17) is 5.11 Å². The van der Waals surface area contributed by atoms with E-state index in [0.29, 0.717) is 5.57 Å². The number of aliphatic hydroxyl groups is 1. The van der Waals surface area contributed by atoms with Gasteiger partial charge in [0.05, 0.1) is 12.6 Å². The Morgan fingerprint density at radius 3 is 2.53 bits per heavy atom. The molecule has 1 atom stereocenters. The van der Waals surface area contributed by atoms with E-state index in [2.05, 4.69) is 11.9 Å². The van der Waals surface area contributed by atoms with Crippen LogP contribution < -0.4 is 5.32 Å². The molecular weight excluding hydrogens is 190 g/mol. The van der Waals surface area contributed by atoms with E-state index >= 15 is 0 Å². The van der Waals surface area contributed by atoms with Crippen LogP contribution in [0.4, 0.5) is 0 Å². The minimum Gasteiger partial charge on any atom is -0.394 e. The summed E-state index contributed by atoms with van der Waals surface area (Å²) in [4.78, 5) is 11.4. The average Bonchev–Trinajstić information content (AvgIpc) is 2.26. The molecule has 0 aromatic heterocycles. The highest BCUT2D eigenvalue weighted by Crippen LogP contribution is 2.11. The summed E-state index contributed by atoms with van der Waals surface area (Å²) < 4.78 is 0. The Balaban J connectivity index is 2.73. The zero-order valence-electron chi connectivity index (χ0n) is 8.73. The van der Waals surface area contributed by atoms with Gasteiger partial charge in [0.25, 0.3) is 0 Å². The van der Waals surface area contributed by atoms with E-state index in [1.54, 1.807) is 6.92 Å². The molecule has 0 radical (unpaired) electrons. The van der Waals surface area contributed by atoms with Crippen LogP contribution in [0.3, 0.4) is 0 Å². The third-order valence-electron chi connectivity index (χ3n) is 2.08. The van der Waals surface area contributed by atoms with Crippen LogP contribution >= 0.6 is 0 Å². The lowest BCUT2D eigenvalue weighted by molar-refractivity contribution is -0.118. The van der Waals surface area contributed by atoms with Crippen LogP contribution in [-0.4, -0.2) is 17.6 Å². The van der Waals surface area contributed by atoms with E-state index in [1.165, 1.54) is 0 Å². The Bertz CT molecular complexity index is 346. The fraction of sp³-hybridized carbons (Fsp3) is 0.250. The zero-order chi connectivity index (χ0) is 11.3. The van der Waals surface area contributed by atoms with Crippen molar-refractivity contribution in [3.8, 4) is 0 Å². The van der Waals surface area contributed by atoms with Crippen molar-refractivity contribution in [1.82, 2.24) is 5.32 Å². The molecule has 1 aromatic rings. The van der Waals surface area contributed by atoms with Crippen molar-refractivity contribution < 1.29 is 9.90 Å². The summed E-state index contributed by atoms with van der Waals surface area (Å²) in [5.74, 6) is -0.238. The van der Waals surface area contributed by atoms with E-state index < -0.39 is 0 Å². The van der Waals surface area contributed by atoms with Gasteiger partial charge in [-0.3, -0.25) is 4.79 Å². The standard InChI is InChI=1S/C12H15NO2/c1-9(2)12(15)13-11(8-14)10-6-4-3-5-7-10/h3-7,11,14H,1,8H2,2H3,(H,13,15)/t11-/m0/s1. The van der Waals surface area contributed by atoms with Crippen LogP contribution in [0.2, 0.25) is 0 Å². The first-order valence-corrected chi connectivity index (χ1v) is 4.77.